The van der Waals surface area contributed by atoms with E-state index in [1.165, 1.54) is 34.2 Å². The number of thiophene rings is 1. The molecule has 0 fully saturated rings. The van der Waals surface area contributed by atoms with E-state index >= 15 is 0 Å². The maximum atomic E-state index is 5.21. The number of allylic oxidation sites excluding steroid dienone is 1. The molecule has 0 N–H and O–H groups in total. The van der Waals surface area contributed by atoms with Gasteiger partial charge < -0.3 is 43.5 Å². The van der Waals surface area contributed by atoms with Crippen molar-refractivity contribution in [2.45, 2.75) is 139 Å². The quantitative estimate of drug-likeness (QED) is 0.0745. The fourth-order valence-corrected chi connectivity index (χ4v) is 12.5. The summed E-state index contributed by atoms with van der Waals surface area (Å²) in [6, 6.07) is 21.6. The zero-order valence-electron chi connectivity index (χ0n) is 44.9. The van der Waals surface area contributed by atoms with Gasteiger partial charge in [-0.25, -0.2) is 27.2 Å². The van der Waals surface area contributed by atoms with Gasteiger partial charge in [-0.15, -0.1) is 0 Å². The second-order valence-electron chi connectivity index (χ2n) is 19.7. The van der Waals surface area contributed by atoms with Crippen molar-refractivity contribution in [1.82, 2.24) is 54.9 Å². The van der Waals surface area contributed by atoms with Crippen LogP contribution in [0.4, 0.5) is 0 Å². The van der Waals surface area contributed by atoms with Crippen molar-refractivity contribution in [2.75, 3.05) is 0 Å². The van der Waals surface area contributed by atoms with Crippen LogP contribution in [-0.4, -0.2) is 53.2 Å². The summed E-state index contributed by atoms with van der Waals surface area (Å²) in [7, 11) is -1.53. The van der Waals surface area contributed by atoms with Gasteiger partial charge in [-0.1, -0.05) is 135 Å². The van der Waals surface area contributed by atoms with Gasteiger partial charge in [0.25, 0.3) is 0 Å². The third kappa shape index (κ3) is 16.6. The molecule has 20 heteroatoms. The molecule has 10 rings (SSSR count). The van der Waals surface area contributed by atoms with Crippen LogP contribution in [0.25, 0.3) is 51.2 Å². The minimum Gasteiger partial charge on any atom is -0.449 e. The van der Waals surface area contributed by atoms with Gasteiger partial charge in [0.1, 0.15) is 26.3 Å². The minimum absolute atomic E-state index is 0. The summed E-state index contributed by atoms with van der Waals surface area (Å²) in [6.07, 6.45) is 11.8. The Kier molecular flexibility index (Phi) is 26.0. The Labute approximate surface area is 503 Å². The second-order valence-corrected chi connectivity index (χ2v) is 24.9. The third-order valence-corrected chi connectivity index (χ3v) is 17.1. The van der Waals surface area contributed by atoms with Gasteiger partial charge in [0, 0.05) is 141 Å². The van der Waals surface area contributed by atoms with Crippen LogP contribution in [0.1, 0.15) is 135 Å². The smallest absolute Gasteiger partial charge is 0.217 e. The molecule has 3 unspecified atom stereocenters. The number of para-hydroxylation sites is 2. The SMILES string of the molecule is CCC(C)C1=C[Si](C)(C)C(C(C)(C)c2[c-]ccs2)=N1.CCC(C)c1ccc2[n-]c(-c3ncco3)nc2c1.CCC(C)c1ccnn1-c1nc2ccccc2[n-]1.Cc1nc(-c2nc(CCC(C)C)n[n-]2)co1.[Ir].[Pd].[Pt].[Pt]. The summed E-state index contributed by atoms with van der Waals surface area (Å²) < 4.78 is 12.2. The summed E-state index contributed by atoms with van der Waals surface area (Å²) in [6.45, 7) is 28.9. The normalized spacial score (nSPS) is 13.7. The molecule has 9 aromatic rings. The molecule has 1 aliphatic rings. The van der Waals surface area contributed by atoms with Crippen molar-refractivity contribution in [3.63, 3.8) is 0 Å². The van der Waals surface area contributed by atoms with Crippen LogP contribution >= 0.6 is 11.3 Å². The first-order chi connectivity index (χ1) is 34.0. The van der Waals surface area contributed by atoms with Crippen LogP contribution in [0.5, 0.6) is 0 Å². The van der Waals surface area contributed by atoms with Crippen LogP contribution in [0.2, 0.25) is 13.1 Å². The number of nitrogens with zero attached hydrogens (tertiary/aromatic N) is 12. The van der Waals surface area contributed by atoms with E-state index in [1.807, 2.05) is 53.3 Å². The number of oxazole rings is 2. The van der Waals surface area contributed by atoms with Crippen molar-refractivity contribution < 1.29 is 91.5 Å². The average molecular weight is 1680 g/mol. The second kappa shape index (κ2) is 29.8. The Morgan fingerprint density at radius 3 is 2.16 bits per heavy atom. The Hall–Kier alpha value is -3.83. The zero-order valence-corrected chi connectivity index (χ0v) is 55.2. The molecule has 3 atom stereocenters. The summed E-state index contributed by atoms with van der Waals surface area (Å²) in [4.78, 5) is 36.8. The summed E-state index contributed by atoms with van der Waals surface area (Å²) in [5.74, 6) is 5.85. The molecular weight excluding hydrogens is 1610 g/mol. The maximum Gasteiger partial charge on any atom is 0.217 e. The maximum absolute atomic E-state index is 5.21. The van der Waals surface area contributed by atoms with Gasteiger partial charge in [-0.3, -0.25) is 21.4 Å². The van der Waals surface area contributed by atoms with E-state index in [4.69, 9.17) is 13.8 Å². The minimum atomic E-state index is -1.53. The van der Waals surface area contributed by atoms with E-state index in [9.17, 15) is 0 Å². The van der Waals surface area contributed by atoms with E-state index in [0.29, 0.717) is 58.7 Å². The monoisotopic (exact) mass is 1680 g/mol. The van der Waals surface area contributed by atoms with Gasteiger partial charge in [0.05, 0.1) is 6.20 Å². The van der Waals surface area contributed by atoms with E-state index in [0.717, 1.165) is 59.3 Å². The predicted molar refractivity (Wildman–Crippen MR) is 288 cm³/mol. The molecule has 14 nitrogen and oxygen atoms in total. The van der Waals surface area contributed by atoms with E-state index < -0.39 is 8.07 Å². The number of aryl methyl sites for hydroxylation is 2. The van der Waals surface area contributed by atoms with Gasteiger partial charge in [-0.05, 0) is 90.0 Å². The Morgan fingerprint density at radius 1 is 0.813 bits per heavy atom. The van der Waals surface area contributed by atoms with Gasteiger partial charge >= 0.3 is 0 Å². The summed E-state index contributed by atoms with van der Waals surface area (Å²) in [5.41, 5.74) is 10.6. The Balaban J connectivity index is 0.000000259. The zero-order chi connectivity index (χ0) is 50.9. The van der Waals surface area contributed by atoms with Crippen molar-refractivity contribution in [3.05, 3.63) is 130 Å². The first kappa shape index (κ1) is 65.4. The number of hydrogen-bond donors (Lipinski definition) is 0. The van der Waals surface area contributed by atoms with E-state index in [-0.39, 0.29) is 88.1 Å². The molecule has 0 saturated heterocycles. The molecule has 1 aliphatic heterocycles. The molecular formula is C55H68IrN12O2PdPt2SSi-4. The van der Waals surface area contributed by atoms with Crippen molar-refractivity contribution in [3.8, 4) is 29.2 Å². The number of imidazole rings is 2. The van der Waals surface area contributed by atoms with Gasteiger partial charge in [-0.2, -0.15) is 5.38 Å². The summed E-state index contributed by atoms with van der Waals surface area (Å²) >= 11 is 1.80. The molecule has 413 valence electrons. The largest absolute Gasteiger partial charge is 0.449 e. The summed E-state index contributed by atoms with van der Waals surface area (Å²) in [5, 5.41) is 15.9. The van der Waals surface area contributed by atoms with Crippen LogP contribution in [0.3, 0.4) is 0 Å². The van der Waals surface area contributed by atoms with E-state index in [2.05, 4.69) is 162 Å². The van der Waals surface area contributed by atoms with Crippen molar-refractivity contribution in [2.24, 2.45) is 16.8 Å². The number of aliphatic imine (C=N–C) groups is 1. The number of rotatable bonds is 14. The Bertz CT molecular complexity index is 3120. The predicted octanol–water partition coefficient (Wildman–Crippen LogP) is 13.2. The fraction of sp³-hybridized carbons (Fsp3) is 0.418. The molecule has 75 heavy (non-hydrogen) atoms. The first-order valence-electron chi connectivity index (χ1n) is 24.9. The van der Waals surface area contributed by atoms with Crippen LogP contribution < -0.4 is 15.1 Å². The standard InChI is InChI=1S/C16H24NSSi.C14H15N4.C14H14N3O.C11H15N4O.Ir.Pd.2Pt/c1-7-12(2)13-11-19(5,6)15(17-13)16(3,4)14-9-8-10-18-14;1-3-10(2)13-8-9-15-18(13)14-16-11-6-4-5-7-12(11)17-14;1-3-9(2)10-4-5-11-12(8-10)17-13(16-11)14-15-6-7-18-14;1-7(2)4-5-10-13-11(15-14-10)9-6-16-8(3)12-9;;;;/h8,10-12H,7H2,1-6H3;4-10H,3H2,1-2H3;4-9H,3H2,1-2H3;6-7H,4-5H2,1-3H3;;;;/q4*-1;;;;. The van der Waals surface area contributed by atoms with E-state index in [1.54, 1.807) is 30.7 Å². The molecule has 0 saturated carbocycles. The molecule has 0 amide bonds. The third-order valence-electron chi connectivity index (χ3n) is 13.0. The fourth-order valence-electron chi connectivity index (χ4n) is 8.20. The number of benzene rings is 2. The van der Waals surface area contributed by atoms with Crippen LogP contribution in [-0.2, 0) is 94.5 Å². The van der Waals surface area contributed by atoms with Crippen LogP contribution in [0, 0.1) is 24.8 Å². The van der Waals surface area contributed by atoms with Crippen LogP contribution in [0.15, 0.2) is 110 Å². The number of fused-ring (bicyclic) bond motifs is 2. The molecule has 0 aliphatic carbocycles. The van der Waals surface area contributed by atoms with Crippen molar-refractivity contribution in [1.29, 1.82) is 0 Å². The van der Waals surface area contributed by atoms with Gasteiger partial charge in [0.2, 0.25) is 5.89 Å². The average Bonchev–Trinajstić information content (AvgIpc) is 4.22. The molecule has 1 radical (unpaired) electrons. The topological polar surface area (TPSA) is 176 Å². The first-order valence-corrected chi connectivity index (χ1v) is 28.8. The van der Waals surface area contributed by atoms with Gasteiger partial charge in [0.15, 0.2) is 5.89 Å². The molecule has 0 bridgehead atoms. The molecule has 7 aromatic heterocycles. The molecule has 0 spiro atoms. The number of aromatic nitrogens is 11. The van der Waals surface area contributed by atoms with Crippen molar-refractivity contribution >= 4 is 46.8 Å². The molecule has 2 aromatic carbocycles. The Morgan fingerprint density at radius 2 is 1.53 bits per heavy atom. The molecule has 8 heterocycles. The number of hydrogen-bond acceptors (Lipinski definition) is 11.